The zero-order chi connectivity index (χ0) is 20.6. The van der Waals surface area contributed by atoms with Gasteiger partial charge in [-0.2, -0.15) is 0 Å². The van der Waals surface area contributed by atoms with Crippen LogP contribution in [0, 0.1) is 0 Å². The summed E-state index contributed by atoms with van der Waals surface area (Å²) in [7, 11) is 0. The molecule has 0 unspecified atom stereocenters. The van der Waals surface area contributed by atoms with E-state index in [0.717, 1.165) is 21.7 Å². The van der Waals surface area contributed by atoms with Crippen molar-refractivity contribution in [1.29, 1.82) is 0 Å². The number of benzene rings is 3. The highest BCUT2D eigenvalue weighted by Crippen LogP contribution is 2.33. The van der Waals surface area contributed by atoms with Crippen molar-refractivity contribution in [3.63, 3.8) is 0 Å². The van der Waals surface area contributed by atoms with E-state index in [9.17, 15) is 0 Å². The molecule has 3 aromatic carbocycles. The van der Waals surface area contributed by atoms with E-state index in [-0.39, 0.29) is 0 Å². The predicted molar refractivity (Wildman–Crippen MR) is 120 cm³/mol. The first-order valence-corrected chi connectivity index (χ1v) is 10.5. The quantitative estimate of drug-likeness (QED) is 0.384. The lowest BCUT2D eigenvalue weighted by atomic mass is 10.1. The van der Waals surface area contributed by atoms with Crippen molar-refractivity contribution < 1.29 is 9.47 Å². The van der Waals surface area contributed by atoms with Crippen molar-refractivity contribution in [3.05, 3.63) is 92.4 Å². The fourth-order valence-electron chi connectivity index (χ4n) is 2.90. The first-order chi connectivity index (χ1) is 14.1. The maximum atomic E-state index is 6.28. The maximum Gasteiger partial charge on any atom is 0.166 e. The van der Waals surface area contributed by atoms with Gasteiger partial charge in [0, 0.05) is 39.3 Å². The summed E-state index contributed by atoms with van der Waals surface area (Å²) in [5, 5.41) is 5.34. The highest BCUT2D eigenvalue weighted by molar-refractivity contribution is 6.35. The minimum absolute atomic E-state index is 0.317. The van der Waals surface area contributed by atoms with Gasteiger partial charge in [-0.05, 0) is 36.8 Å². The van der Waals surface area contributed by atoms with Crippen molar-refractivity contribution in [2.45, 2.75) is 26.6 Å². The zero-order valence-electron chi connectivity index (χ0n) is 16.1. The van der Waals surface area contributed by atoms with Crippen LogP contribution in [0.5, 0.6) is 11.5 Å². The summed E-state index contributed by atoms with van der Waals surface area (Å²) in [4.78, 5) is 0. The highest BCUT2D eigenvalue weighted by atomic mass is 35.5. The summed E-state index contributed by atoms with van der Waals surface area (Å²) in [5.74, 6) is 1.40. The van der Waals surface area contributed by atoms with Crippen LogP contribution < -0.4 is 14.8 Å². The Labute approximate surface area is 186 Å². The third-order valence-electron chi connectivity index (χ3n) is 4.34. The van der Waals surface area contributed by atoms with Gasteiger partial charge in [0.2, 0.25) is 0 Å². The molecule has 0 heterocycles. The molecule has 3 aromatic rings. The molecule has 152 valence electrons. The van der Waals surface area contributed by atoms with Gasteiger partial charge in [-0.1, -0.05) is 71.2 Å². The van der Waals surface area contributed by atoms with Gasteiger partial charge in [-0.3, -0.25) is 0 Å². The Hall–Kier alpha value is -1.91. The molecule has 3 rings (SSSR count). The lowest BCUT2D eigenvalue weighted by Gasteiger charge is -2.17. The number of rotatable bonds is 9. The molecule has 3 nitrogen and oxygen atoms in total. The van der Waals surface area contributed by atoms with Gasteiger partial charge >= 0.3 is 0 Å². The molecule has 0 atom stereocenters. The Balaban J connectivity index is 1.74. The van der Waals surface area contributed by atoms with Gasteiger partial charge in [0.25, 0.3) is 0 Å². The summed E-state index contributed by atoms with van der Waals surface area (Å²) < 4.78 is 11.9. The molecule has 0 amide bonds. The van der Waals surface area contributed by atoms with Gasteiger partial charge in [0.05, 0.1) is 6.61 Å². The first-order valence-electron chi connectivity index (χ1n) is 9.34. The van der Waals surface area contributed by atoms with Gasteiger partial charge in [0.15, 0.2) is 11.5 Å². The van der Waals surface area contributed by atoms with Crippen molar-refractivity contribution in [2.75, 3.05) is 6.61 Å². The van der Waals surface area contributed by atoms with Crippen LogP contribution in [0.3, 0.4) is 0 Å². The Morgan fingerprint density at radius 1 is 0.759 bits per heavy atom. The van der Waals surface area contributed by atoms with E-state index < -0.39 is 0 Å². The van der Waals surface area contributed by atoms with E-state index in [0.29, 0.717) is 47.8 Å². The largest absolute Gasteiger partial charge is 0.490 e. The van der Waals surface area contributed by atoms with Crippen LogP contribution in [0.2, 0.25) is 15.1 Å². The summed E-state index contributed by atoms with van der Waals surface area (Å²) in [6.07, 6.45) is 0. The fraction of sp³-hybridized carbons (Fsp3) is 0.217. The van der Waals surface area contributed by atoms with Crippen LogP contribution in [0.15, 0.2) is 60.7 Å². The SMILES string of the molecule is CCOc1cccc(CNCc2ccccc2Cl)c1OCc1ccc(Cl)cc1Cl. The van der Waals surface area contributed by atoms with Crippen molar-refractivity contribution in [2.24, 2.45) is 0 Å². The van der Waals surface area contributed by atoms with Crippen LogP contribution in [-0.4, -0.2) is 6.61 Å². The standard InChI is InChI=1S/C23H22Cl3NO2/c1-2-28-22-9-5-7-17(14-27-13-16-6-3-4-8-20(16)25)23(22)29-15-18-10-11-19(24)12-21(18)26/h3-12,27H,2,13-15H2,1H3. The molecule has 29 heavy (non-hydrogen) atoms. The molecule has 0 aliphatic heterocycles. The van der Waals surface area contributed by atoms with E-state index in [1.54, 1.807) is 12.1 Å². The second-order valence-corrected chi connectivity index (χ2v) is 7.65. The molecule has 0 saturated carbocycles. The van der Waals surface area contributed by atoms with Crippen LogP contribution >= 0.6 is 34.8 Å². The molecular weight excluding hydrogens is 429 g/mol. The molecule has 0 aliphatic rings. The summed E-state index contributed by atoms with van der Waals surface area (Å²) in [5.41, 5.74) is 2.90. The lowest BCUT2D eigenvalue weighted by molar-refractivity contribution is 0.266. The maximum absolute atomic E-state index is 6.28. The number of ether oxygens (including phenoxy) is 2. The molecule has 6 heteroatoms. The van der Waals surface area contributed by atoms with Crippen molar-refractivity contribution in [1.82, 2.24) is 5.32 Å². The van der Waals surface area contributed by atoms with E-state index in [1.807, 2.05) is 55.5 Å². The highest BCUT2D eigenvalue weighted by Gasteiger charge is 2.13. The number of halogens is 3. The summed E-state index contributed by atoms with van der Waals surface area (Å²) in [6, 6.07) is 19.0. The zero-order valence-corrected chi connectivity index (χ0v) is 18.3. The Morgan fingerprint density at radius 2 is 1.52 bits per heavy atom. The number of nitrogens with one attached hydrogen (secondary N) is 1. The fourth-order valence-corrected chi connectivity index (χ4v) is 3.56. The average Bonchev–Trinajstić information content (AvgIpc) is 2.70. The second kappa shape index (κ2) is 10.7. The minimum atomic E-state index is 0.317. The molecule has 0 aromatic heterocycles. The molecule has 0 aliphatic carbocycles. The molecule has 1 N–H and O–H groups in total. The number of hydrogen-bond acceptors (Lipinski definition) is 3. The summed E-state index contributed by atoms with van der Waals surface area (Å²) in [6.45, 7) is 4.07. The molecule has 0 bridgehead atoms. The monoisotopic (exact) mass is 449 g/mol. The van der Waals surface area contributed by atoms with E-state index in [1.165, 1.54) is 0 Å². The van der Waals surface area contributed by atoms with Crippen LogP contribution in [0.25, 0.3) is 0 Å². The number of para-hydroxylation sites is 1. The van der Waals surface area contributed by atoms with Gasteiger partial charge in [-0.15, -0.1) is 0 Å². The van der Waals surface area contributed by atoms with E-state index >= 15 is 0 Å². The van der Waals surface area contributed by atoms with Gasteiger partial charge in [0.1, 0.15) is 6.61 Å². The lowest BCUT2D eigenvalue weighted by Crippen LogP contribution is -2.14. The Bertz CT molecular complexity index is 963. The van der Waals surface area contributed by atoms with Crippen LogP contribution in [0.1, 0.15) is 23.6 Å². The average molecular weight is 451 g/mol. The molecular formula is C23H22Cl3NO2. The molecule has 0 fully saturated rings. The molecule has 0 spiro atoms. The molecule has 0 saturated heterocycles. The normalized spacial score (nSPS) is 10.8. The smallest absolute Gasteiger partial charge is 0.166 e. The van der Waals surface area contributed by atoms with Crippen molar-refractivity contribution in [3.8, 4) is 11.5 Å². The second-order valence-electron chi connectivity index (χ2n) is 6.40. The Morgan fingerprint density at radius 3 is 2.28 bits per heavy atom. The van der Waals surface area contributed by atoms with Crippen LogP contribution in [0.4, 0.5) is 0 Å². The van der Waals surface area contributed by atoms with E-state index in [4.69, 9.17) is 44.3 Å². The van der Waals surface area contributed by atoms with E-state index in [2.05, 4.69) is 5.32 Å². The topological polar surface area (TPSA) is 30.5 Å². The third kappa shape index (κ3) is 6.03. The minimum Gasteiger partial charge on any atom is -0.490 e. The van der Waals surface area contributed by atoms with Gasteiger partial charge < -0.3 is 14.8 Å². The van der Waals surface area contributed by atoms with Crippen molar-refractivity contribution >= 4 is 34.8 Å². The third-order valence-corrected chi connectivity index (χ3v) is 5.29. The Kier molecular flexibility index (Phi) is 8.08. The predicted octanol–water partition coefficient (Wildman–Crippen LogP) is 6.91. The summed E-state index contributed by atoms with van der Waals surface area (Å²) >= 11 is 18.5. The van der Waals surface area contributed by atoms with Crippen LogP contribution in [-0.2, 0) is 19.7 Å². The first kappa shape index (κ1) is 21.8. The molecule has 0 radical (unpaired) electrons. The number of hydrogen-bond donors (Lipinski definition) is 1. The van der Waals surface area contributed by atoms with Gasteiger partial charge in [-0.25, -0.2) is 0 Å².